The van der Waals surface area contributed by atoms with E-state index in [0.717, 1.165) is 12.1 Å². The number of pyridine rings is 1. The molecular formula is C28H30ClF3N6O4. The Labute approximate surface area is 245 Å². The first-order valence-electron chi connectivity index (χ1n) is 13.4. The molecule has 1 atom stereocenters. The fraction of sp³-hybridized carbons (Fsp3) is 0.429. The van der Waals surface area contributed by atoms with Crippen molar-refractivity contribution in [2.75, 3.05) is 48.0 Å². The second kappa shape index (κ2) is 11.9. The van der Waals surface area contributed by atoms with E-state index in [1.807, 2.05) is 25.7 Å². The molecule has 0 spiro atoms. The minimum Gasteiger partial charge on any atom is -0.475 e. The van der Waals surface area contributed by atoms with E-state index < -0.39 is 23.6 Å². The van der Waals surface area contributed by atoms with Crippen LogP contribution in [-0.4, -0.2) is 65.7 Å². The Bertz CT molecular complexity index is 1460. The van der Waals surface area contributed by atoms with Crippen molar-refractivity contribution in [2.45, 2.75) is 45.3 Å². The number of amides is 2. The van der Waals surface area contributed by atoms with Crippen molar-refractivity contribution in [1.29, 1.82) is 0 Å². The van der Waals surface area contributed by atoms with Gasteiger partial charge in [0.1, 0.15) is 12.7 Å². The van der Waals surface area contributed by atoms with Gasteiger partial charge in [-0.15, -0.1) is 0 Å². The van der Waals surface area contributed by atoms with Gasteiger partial charge in [-0.1, -0.05) is 23.7 Å². The lowest BCUT2D eigenvalue weighted by molar-refractivity contribution is -0.141. The number of carbonyl (C=O) groups excluding carboxylic acids is 1. The predicted octanol–water partition coefficient (Wildman–Crippen LogP) is 6.01. The summed E-state index contributed by atoms with van der Waals surface area (Å²) in [7, 11) is 0. The maximum atomic E-state index is 13.6. The van der Waals surface area contributed by atoms with Crippen LogP contribution in [0.5, 0.6) is 5.88 Å². The van der Waals surface area contributed by atoms with Crippen molar-refractivity contribution in [3.63, 3.8) is 0 Å². The highest BCUT2D eigenvalue weighted by Crippen LogP contribution is 2.39. The molecule has 1 saturated heterocycles. The molecule has 42 heavy (non-hydrogen) atoms. The van der Waals surface area contributed by atoms with Crippen LogP contribution < -0.4 is 19.9 Å². The van der Waals surface area contributed by atoms with Crippen LogP contribution in [0.25, 0.3) is 11.3 Å². The van der Waals surface area contributed by atoms with Gasteiger partial charge in [-0.2, -0.15) is 18.2 Å². The van der Waals surface area contributed by atoms with E-state index in [1.54, 1.807) is 12.1 Å². The van der Waals surface area contributed by atoms with Crippen molar-refractivity contribution in [2.24, 2.45) is 0 Å². The Morgan fingerprint density at radius 3 is 2.74 bits per heavy atom. The highest BCUT2D eigenvalue weighted by atomic mass is 35.5. The average Bonchev–Trinajstić information content (AvgIpc) is 3.19. The van der Waals surface area contributed by atoms with Crippen LogP contribution in [0, 0.1) is 0 Å². The average molecular weight is 607 g/mol. The van der Waals surface area contributed by atoms with E-state index in [-0.39, 0.29) is 53.2 Å². The summed E-state index contributed by atoms with van der Waals surface area (Å²) in [6.07, 6.45) is -2.75. The standard InChI is InChI=1S/C28H30ClF3N6O4/c1-4-37-11-6-12-38(24-21(37)14-20(29)23(35-24)17-7-5-8-18(13-17)28(30,31)32)26(39)36-25-33-10-9-22(34-25)40-15-19-16-41-27(2,3)42-19/h5,7-10,13-14,19H,4,6,11-12,15-16H2,1-3H3,(H,33,34,36,39)/t19-/m1/s1. The fourth-order valence-electron chi connectivity index (χ4n) is 4.79. The van der Waals surface area contributed by atoms with Crippen LogP contribution in [0.4, 0.5) is 35.4 Å². The van der Waals surface area contributed by atoms with Gasteiger partial charge in [0.15, 0.2) is 11.6 Å². The van der Waals surface area contributed by atoms with Crippen LogP contribution in [0.15, 0.2) is 42.6 Å². The molecule has 0 bridgehead atoms. The first-order valence-corrected chi connectivity index (χ1v) is 13.8. The second-order valence-electron chi connectivity index (χ2n) is 10.2. The predicted molar refractivity (Wildman–Crippen MR) is 151 cm³/mol. The van der Waals surface area contributed by atoms with E-state index in [9.17, 15) is 18.0 Å². The molecule has 4 heterocycles. The molecule has 14 heteroatoms. The zero-order chi connectivity index (χ0) is 30.1. The quantitative estimate of drug-likeness (QED) is 0.364. The lowest BCUT2D eigenvalue weighted by Gasteiger charge is -2.26. The van der Waals surface area contributed by atoms with Gasteiger partial charge in [0, 0.05) is 37.5 Å². The van der Waals surface area contributed by atoms with Crippen LogP contribution >= 0.6 is 11.6 Å². The van der Waals surface area contributed by atoms with E-state index >= 15 is 0 Å². The number of ether oxygens (including phenoxy) is 3. The number of carbonyl (C=O) groups is 1. The first-order chi connectivity index (χ1) is 19.9. The summed E-state index contributed by atoms with van der Waals surface area (Å²) in [4.78, 5) is 30.1. The number of rotatable bonds is 6. The van der Waals surface area contributed by atoms with Gasteiger partial charge >= 0.3 is 12.2 Å². The second-order valence-corrected chi connectivity index (χ2v) is 10.6. The van der Waals surface area contributed by atoms with Crippen molar-refractivity contribution in [1.82, 2.24) is 15.0 Å². The number of nitrogens with one attached hydrogen (secondary N) is 1. The SMILES string of the molecule is CCN1CCCN(C(=O)Nc2nccc(OC[C@@H]3COC(C)(C)O3)n2)c2nc(-c3cccc(C(F)(F)F)c3)c(Cl)cc21. The normalized spacial score (nSPS) is 18.4. The minimum absolute atomic E-state index is 0.00614. The fourth-order valence-corrected chi connectivity index (χ4v) is 5.04. The third kappa shape index (κ3) is 6.69. The molecule has 5 rings (SSSR count). The maximum Gasteiger partial charge on any atom is 0.416 e. The summed E-state index contributed by atoms with van der Waals surface area (Å²) in [5, 5.41) is 2.85. The zero-order valence-electron chi connectivity index (χ0n) is 23.2. The molecule has 2 aliphatic rings. The summed E-state index contributed by atoms with van der Waals surface area (Å²) in [5.74, 6) is -0.183. The van der Waals surface area contributed by atoms with Gasteiger partial charge in [-0.25, -0.2) is 14.8 Å². The third-order valence-electron chi connectivity index (χ3n) is 6.77. The molecular weight excluding hydrogens is 577 g/mol. The lowest BCUT2D eigenvalue weighted by atomic mass is 10.1. The van der Waals surface area contributed by atoms with E-state index in [0.29, 0.717) is 31.8 Å². The molecule has 1 fully saturated rings. The number of hydrogen-bond donors (Lipinski definition) is 1. The number of anilines is 3. The number of nitrogens with zero attached hydrogens (tertiary/aromatic N) is 5. The molecule has 10 nitrogen and oxygen atoms in total. The Balaban J connectivity index is 1.40. The Kier molecular flexibility index (Phi) is 8.44. The summed E-state index contributed by atoms with van der Waals surface area (Å²) >= 11 is 6.56. The van der Waals surface area contributed by atoms with Gasteiger partial charge in [0.25, 0.3) is 0 Å². The summed E-state index contributed by atoms with van der Waals surface area (Å²) in [5.41, 5.74) is 0.0712. The highest BCUT2D eigenvalue weighted by molar-refractivity contribution is 6.33. The van der Waals surface area contributed by atoms with Crippen molar-refractivity contribution >= 4 is 35.1 Å². The number of fused-ring (bicyclic) bond motifs is 1. The molecule has 0 radical (unpaired) electrons. The summed E-state index contributed by atoms with van der Waals surface area (Å²) < 4.78 is 57.3. The molecule has 224 valence electrons. The summed E-state index contributed by atoms with van der Waals surface area (Å²) in [6.45, 7) is 7.69. The molecule has 0 aliphatic carbocycles. The van der Waals surface area contributed by atoms with Gasteiger partial charge in [0.05, 0.1) is 28.6 Å². The molecule has 1 aromatic carbocycles. The van der Waals surface area contributed by atoms with Crippen LogP contribution in [0.3, 0.4) is 0 Å². The molecule has 2 amide bonds. The molecule has 1 N–H and O–H groups in total. The Morgan fingerprint density at radius 2 is 2.02 bits per heavy atom. The molecule has 3 aromatic rings. The van der Waals surface area contributed by atoms with Crippen LogP contribution in [-0.2, 0) is 15.7 Å². The van der Waals surface area contributed by atoms with Crippen LogP contribution in [0.2, 0.25) is 5.02 Å². The minimum atomic E-state index is -4.54. The van der Waals surface area contributed by atoms with Gasteiger partial charge < -0.3 is 19.1 Å². The lowest BCUT2D eigenvalue weighted by Crippen LogP contribution is -2.36. The van der Waals surface area contributed by atoms with Crippen molar-refractivity contribution in [3.05, 3.63) is 53.2 Å². The highest BCUT2D eigenvalue weighted by Gasteiger charge is 2.34. The van der Waals surface area contributed by atoms with Gasteiger partial charge in [0.2, 0.25) is 11.8 Å². The first kappa shape index (κ1) is 29.8. The van der Waals surface area contributed by atoms with Gasteiger partial charge in [-0.05, 0) is 45.4 Å². The van der Waals surface area contributed by atoms with Crippen molar-refractivity contribution in [3.8, 4) is 17.1 Å². The Hall–Kier alpha value is -3.68. The number of alkyl halides is 3. The number of urea groups is 1. The molecule has 2 aliphatic heterocycles. The molecule has 2 aromatic heterocycles. The topological polar surface area (TPSA) is 102 Å². The molecule has 0 unspecified atom stereocenters. The smallest absolute Gasteiger partial charge is 0.416 e. The number of aromatic nitrogens is 3. The van der Waals surface area contributed by atoms with Crippen molar-refractivity contribution < 1.29 is 32.2 Å². The van der Waals surface area contributed by atoms with E-state index in [4.69, 9.17) is 25.8 Å². The number of benzene rings is 1. The van der Waals surface area contributed by atoms with E-state index in [2.05, 4.69) is 20.3 Å². The monoisotopic (exact) mass is 606 g/mol. The van der Waals surface area contributed by atoms with Gasteiger partial charge in [-0.3, -0.25) is 10.2 Å². The zero-order valence-corrected chi connectivity index (χ0v) is 24.0. The van der Waals surface area contributed by atoms with E-state index in [1.165, 1.54) is 23.2 Å². The Morgan fingerprint density at radius 1 is 1.21 bits per heavy atom. The molecule has 0 saturated carbocycles. The maximum absolute atomic E-state index is 13.6. The third-order valence-corrected chi connectivity index (χ3v) is 7.05. The van der Waals surface area contributed by atoms with Crippen LogP contribution in [0.1, 0.15) is 32.8 Å². The summed E-state index contributed by atoms with van der Waals surface area (Å²) in [6, 6.07) is 7.39. The number of halogens is 4. The largest absolute Gasteiger partial charge is 0.475 e. The number of hydrogen-bond acceptors (Lipinski definition) is 8.